The molecule has 0 radical (unpaired) electrons. The SMILES string of the molecule is C1=Cc2c(oc3cccc(N(c4ccc5ccc(-c6ccccc6)cc5c4)c4ccc5c(c4)oc4cnccc45)c23)CN1. The predicted molar refractivity (Wildman–Crippen MR) is 175 cm³/mol. The van der Waals surface area contributed by atoms with Gasteiger partial charge in [0.05, 0.1) is 23.8 Å². The van der Waals surface area contributed by atoms with Crippen molar-refractivity contribution in [2.75, 3.05) is 4.90 Å². The van der Waals surface area contributed by atoms with Gasteiger partial charge in [-0.1, -0.05) is 54.6 Å². The summed E-state index contributed by atoms with van der Waals surface area (Å²) in [6.45, 7) is 0.664. The molecule has 9 rings (SSSR count). The van der Waals surface area contributed by atoms with Gasteiger partial charge in [-0.25, -0.2) is 0 Å². The van der Waals surface area contributed by atoms with Gasteiger partial charge in [-0.3, -0.25) is 4.98 Å². The molecule has 43 heavy (non-hydrogen) atoms. The summed E-state index contributed by atoms with van der Waals surface area (Å²) in [7, 11) is 0. The lowest BCUT2D eigenvalue weighted by atomic mass is 10.00. The molecule has 0 fully saturated rings. The molecule has 5 aromatic carbocycles. The van der Waals surface area contributed by atoms with Gasteiger partial charge in [-0.2, -0.15) is 0 Å². The number of furan rings is 2. The molecule has 0 spiro atoms. The number of aromatic nitrogens is 1. The zero-order valence-corrected chi connectivity index (χ0v) is 23.1. The van der Waals surface area contributed by atoms with Crippen molar-refractivity contribution >= 4 is 66.8 Å². The number of pyridine rings is 1. The van der Waals surface area contributed by atoms with Crippen molar-refractivity contribution < 1.29 is 8.83 Å². The van der Waals surface area contributed by atoms with Crippen LogP contribution in [0.2, 0.25) is 0 Å². The molecule has 0 saturated carbocycles. The Morgan fingerprint density at radius 3 is 2.47 bits per heavy atom. The molecule has 4 heterocycles. The highest BCUT2D eigenvalue weighted by Gasteiger charge is 2.23. The van der Waals surface area contributed by atoms with Crippen LogP contribution in [0.3, 0.4) is 0 Å². The van der Waals surface area contributed by atoms with E-state index in [9.17, 15) is 0 Å². The third kappa shape index (κ3) is 3.82. The molecule has 204 valence electrons. The van der Waals surface area contributed by atoms with E-state index in [2.05, 4.69) is 118 Å². The van der Waals surface area contributed by atoms with Gasteiger partial charge in [0, 0.05) is 40.0 Å². The standard InChI is InChI=1S/C38H25N3O2/c1-2-5-24(6-3-1)26-10-9-25-11-12-28(20-27(25)19-26)41(29-13-14-30-31-15-17-39-22-36(31)43-35(30)21-29)33-7-4-8-34-38(33)32-16-18-40-23-37(32)42-34/h1-22,40H,23H2. The van der Waals surface area contributed by atoms with Crippen LogP contribution in [0.5, 0.6) is 0 Å². The quantitative estimate of drug-likeness (QED) is 0.234. The number of nitrogens with zero attached hydrogens (tertiary/aromatic N) is 2. The van der Waals surface area contributed by atoms with Gasteiger partial charge in [0.15, 0.2) is 5.58 Å². The normalized spacial score (nSPS) is 12.7. The zero-order valence-electron chi connectivity index (χ0n) is 23.1. The van der Waals surface area contributed by atoms with Crippen LogP contribution < -0.4 is 10.2 Å². The third-order valence-corrected chi connectivity index (χ3v) is 8.39. The molecule has 0 unspecified atom stereocenters. The van der Waals surface area contributed by atoms with E-state index in [1.54, 1.807) is 12.4 Å². The van der Waals surface area contributed by atoms with E-state index >= 15 is 0 Å². The molecular weight excluding hydrogens is 530 g/mol. The van der Waals surface area contributed by atoms with Gasteiger partial charge >= 0.3 is 0 Å². The Labute approximate surface area is 247 Å². The van der Waals surface area contributed by atoms with Crippen LogP contribution >= 0.6 is 0 Å². The molecule has 1 aliphatic heterocycles. The average Bonchev–Trinajstić information content (AvgIpc) is 3.63. The summed E-state index contributed by atoms with van der Waals surface area (Å²) in [5, 5.41) is 8.86. The highest BCUT2D eigenvalue weighted by Crippen LogP contribution is 2.44. The summed E-state index contributed by atoms with van der Waals surface area (Å²) in [5.41, 5.74) is 9.07. The minimum atomic E-state index is 0.664. The van der Waals surface area contributed by atoms with Crippen LogP contribution in [-0.2, 0) is 6.54 Å². The molecule has 0 amide bonds. The first-order valence-electron chi connectivity index (χ1n) is 14.4. The smallest absolute Gasteiger partial charge is 0.153 e. The summed E-state index contributed by atoms with van der Waals surface area (Å²) in [4.78, 5) is 6.57. The number of hydrogen-bond donors (Lipinski definition) is 1. The van der Waals surface area contributed by atoms with Crippen molar-refractivity contribution in [3.8, 4) is 11.1 Å². The monoisotopic (exact) mass is 555 g/mol. The van der Waals surface area contributed by atoms with Crippen molar-refractivity contribution in [3.05, 3.63) is 139 Å². The van der Waals surface area contributed by atoms with E-state index in [1.807, 2.05) is 18.3 Å². The lowest BCUT2D eigenvalue weighted by Gasteiger charge is -2.27. The molecule has 5 nitrogen and oxygen atoms in total. The lowest BCUT2D eigenvalue weighted by Crippen LogP contribution is -2.11. The topological polar surface area (TPSA) is 54.4 Å². The molecule has 1 N–H and O–H groups in total. The molecular formula is C38H25N3O2. The van der Waals surface area contributed by atoms with E-state index in [-0.39, 0.29) is 0 Å². The predicted octanol–water partition coefficient (Wildman–Crippen LogP) is 10.1. The van der Waals surface area contributed by atoms with Gasteiger partial charge in [0.1, 0.15) is 16.9 Å². The fraction of sp³-hybridized carbons (Fsp3) is 0.0263. The molecule has 8 aromatic rings. The van der Waals surface area contributed by atoms with Crippen LogP contribution in [0.1, 0.15) is 11.3 Å². The molecule has 0 atom stereocenters. The summed E-state index contributed by atoms with van der Waals surface area (Å²) in [6, 6.07) is 38.6. The molecule has 0 saturated heterocycles. The molecule has 1 aliphatic rings. The minimum absolute atomic E-state index is 0.664. The minimum Gasteiger partial charge on any atom is -0.458 e. The zero-order chi connectivity index (χ0) is 28.3. The molecule has 3 aromatic heterocycles. The summed E-state index contributed by atoms with van der Waals surface area (Å²) >= 11 is 0. The van der Waals surface area contributed by atoms with Crippen molar-refractivity contribution in [1.29, 1.82) is 0 Å². The fourth-order valence-corrected chi connectivity index (χ4v) is 6.36. The maximum Gasteiger partial charge on any atom is 0.153 e. The van der Waals surface area contributed by atoms with Gasteiger partial charge in [-0.15, -0.1) is 0 Å². The summed E-state index contributed by atoms with van der Waals surface area (Å²) < 4.78 is 12.6. The number of anilines is 3. The van der Waals surface area contributed by atoms with Crippen LogP contribution in [0.4, 0.5) is 17.1 Å². The van der Waals surface area contributed by atoms with E-state index in [0.717, 1.165) is 61.3 Å². The van der Waals surface area contributed by atoms with E-state index < -0.39 is 0 Å². The largest absolute Gasteiger partial charge is 0.458 e. The highest BCUT2D eigenvalue weighted by atomic mass is 16.3. The third-order valence-electron chi connectivity index (χ3n) is 8.39. The second-order valence-electron chi connectivity index (χ2n) is 10.9. The van der Waals surface area contributed by atoms with Crippen molar-refractivity contribution in [1.82, 2.24) is 10.3 Å². The highest BCUT2D eigenvalue weighted by molar-refractivity contribution is 6.08. The summed E-state index contributed by atoms with van der Waals surface area (Å²) in [6.07, 6.45) is 7.68. The number of fused-ring (bicyclic) bond motifs is 7. The first-order valence-corrected chi connectivity index (χ1v) is 14.4. The van der Waals surface area contributed by atoms with E-state index in [4.69, 9.17) is 8.83 Å². The Balaban J connectivity index is 1.29. The van der Waals surface area contributed by atoms with Crippen LogP contribution in [0, 0.1) is 0 Å². The number of nitrogens with one attached hydrogen (secondary N) is 1. The number of benzene rings is 5. The maximum atomic E-state index is 6.33. The van der Waals surface area contributed by atoms with Gasteiger partial charge in [0.2, 0.25) is 0 Å². The Kier molecular flexibility index (Phi) is 5.19. The fourth-order valence-electron chi connectivity index (χ4n) is 6.36. The Morgan fingerprint density at radius 2 is 1.51 bits per heavy atom. The lowest BCUT2D eigenvalue weighted by molar-refractivity contribution is 0.532. The first kappa shape index (κ1) is 23.9. The number of hydrogen-bond acceptors (Lipinski definition) is 5. The molecule has 0 aliphatic carbocycles. The van der Waals surface area contributed by atoms with Crippen LogP contribution in [0.15, 0.2) is 137 Å². The van der Waals surface area contributed by atoms with Crippen molar-refractivity contribution in [2.24, 2.45) is 0 Å². The van der Waals surface area contributed by atoms with Crippen molar-refractivity contribution in [3.63, 3.8) is 0 Å². The Morgan fingerprint density at radius 1 is 0.651 bits per heavy atom. The Bertz CT molecular complexity index is 2360. The van der Waals surface area contributed by atoms with Crippen molar-refractivity contribution in [2.45, 2.75) is 6.54 Å². The second kappa shape index (κ2) is 9.36. The van der Waals surface area contributed by atoms with Crippen LogP contribution in [0.25, 0.3) is 60.9 Å². The van der Waals surface area contributed by atoms with E-state index in [0.29, 0.717) is 6.54 Å². The average molecular weight is 556 g/mol. The molecule has 5 heteroatoms. The second-order valence-corrected chi connectivity index (χ2v) is 10.9. The van der Waals surface area contributed by atoms with Crippen LogP contribution in [-0.4, -0.2) is 4.98 Å². The number of rotatable bonds is 4. The Hall–Kier alpha value is -5.81. The van der Waals surface area contributed by atoms with E-state index in [1.165, 1.54) is 21.9 Å². The molecule has 0 bridgehead atoms. The first-order chi connectivity index (χ1) is 21.3. The van der Waals surface area contributed by atoms with Gasteiger partial charge in [0.25, 0.3) is 0 Å². The van der Waals surface area contributed by atoms with Gasteiger partial charge in [-0.05, 0) is 82.7 Å². The summed E-state index contributed by atoms with van der Waals surface area (Å²) in [5.74, 6) is 0.941. The maximum absolute atomic E-state index is 6.33. The van der Waals surface area contributed by atoms with Gasteiger partial charge < -0.3 is 19.1 Å².